The van der Waals surface area contributed by atoms with Gasteiger partial charge in [-0.05, 0) is 78.9 Å². The summed E-state index contributed by atoms with van der Waals surface area (Å²) in [5.74, 6) is 0. The molecular formula is C44H25N5. The predicted octanol–water partition coefficient (Wildman–Crippen LogP) is 10.7. The van der Waals surface area contributed by atoms with Gasteiger partial charge in [0.15, 0.2) is 0 Å². The monoisotopic (exact) mass is 623 g/mol. The van der Waals surface area contributed by atoms with E-state index in [2.05, 4.69) is 135 Å². The molecule has 0 bridgehead atoms. The first kappa shape index (κ1) is 27.1. The second kappa shape index (κ2) is 10.2. The molecule has 0 unspecified atom stereocenters. The summed E-state index contributed by atoms with van der Waals surface area (Å²) in [6, 6.07) is 57.0. The zero-order valence-electron chi connectivity index (χ0n) is 26.2. The third-order valence-electron chi connectivity index (χ3n) is 9.86. The van der Waals surface area contributed by atoms with Crippen molar-refractivity contribution in [2.75, 3.05) is 0 Å². The van der Waals surface area contributed by atoms with Crippen molar-refractivity contribution in [3.63, 3.8) is 0 Å². The normalized spacial score (nSPS) is 11.6. The van der Waals surface area contributed by atoms with Gasteiger partial charge in [-0.15, -0.1) is 0 Å². The van der Waals surface area contributed by atoms with Gasteiger partial charge in [-0.3, -0.25) is 0 Å². The van der Waals surface area contributed by atoms with Crippen molar-refractivity contribution in [3.8, 4) is 29.2 Å². The standard InChI is InChI=1S/C44H25N5/c45-26-28-17-19-31(20-18-28)48-38-16-7-5-14-36(38)42-40(48)24-22-34-33-21-23-39-41(43(33)49(44(34)42)32-12-8-9-29(25-32)27-46)35-13-4-6-15-37(35)47(39)30-10-2-1-3-11-30/h1-25H. The van der Waals surface area contributed by atoms with Crippen LogP contribution in [-0.4, -0.2) is 13.7 Å². The van der Waals surface area contributed by atoms with Gasteiger partial charge in [-0.2, -0.15) is 10.5 Å². The largest absolute Gasteiger partial charge is 0.309 e. The number of hydrogen-bond acceptors (Lipinski definition) is 2. The molecule has 0 fully saturated rings. The van der Waals surface area contributed by atoms with Gasteiger partial charge in [0.05, 0.1) is 56.4 Å². The SMILES string of the molecule is N#Cc1ccc(-n2c3ccccc3c3c2ccc2c4ccc5c(c6ccccc6n5-c5ccccc5)c4n(-c4cccc(C#N)c4)c23)cc1. The average molecular weight is 624 g/mol. The van der Waals surface area contributed by atoms with E-state index in [0.717, 1.165) is 71.7 Å². The molecule has 226 valence electrons. The van der Waals surface area contributed by atoms with E-state index in [9.17, 15) is 10.5 Å². The molecule has 0 atom stereocenters. The summed E-state index contributed by atoms with van der Waals surface area (Å²) < 4.78 is 7.02. The van der Waals surface area contributed by atoms with Gasteiger partial charge in [0.1, 0.15) is 0 Å². The lowest BCUT2D eigenvalue weighted by molar-refractivity contribution is 1.17. The Labute approximate surface area is 280 Å². The molecule has 5 heteroatoms. The first-order valence-corrected chi connectivity index (χ1v) is 16.2. The number of fused-ring (bicyclic) bond motifs is 11. The fraction of sp³-hybridized carbons (Fsp3) is 0. The van der Waals surface area contributed by atoms with Crippen LogP contribution in [0.25, 0.3) is 82.5 Å². The summed E-state index contributed by atoms with van der Waals surface area (Å²) >= 11 is 0. The van der Waals surface area contributed by atoms with E-state index in [0.29, 0.717) is 11.1 Å². The van der Waals surface area contributed by atoms with Crippen LogP contribution in [0.4, 0.5) is 0 Å². The molecule has 0 saturated heterocycles. The van der Waals surface area contributed by atoms with Gasteiger partial charge in [0.2, 0.25) is 0 Å². The van der Waals surface area contributed by atoms with E-state index in [-0.39, 0.29) is 0 Å². The first-order chi connectivity index (χ1) is 24.2. The zero-order valence-corrected chi connectivity index (χ0v) is 26.2. The molecule has 3 aromatic heterocycles. The molecule has 5 nitrogen and oxygen atoms in total. The fourth-order valence-electron chi connectivity index (χ4n) is 7.89. The molecule has 0 aliphatic carbocycles. The number of nitriles is 2. The van der Waals surface area contributed by atoms with Crippen LogP contribution in [0.5, 0.6) is 0 Å². The minimum absolute atomic E-state index is 0.610. The Morgan fingerprint density at radius 2 is 0.857 bits per heavy atom. The number of nitrogens with zero attached hydrogens (tertiary/aromatic N) is 5. The molecule has 10 aromatic rings. The van der Waals surface area contributed by atoms with Crippen LogP contribution in [0.2, 0.25) is 0 Å². The third-order valence-corrected chi connectivity index (χ3v) is 9.86. The second-order valence-corrected chi connectivity index (χ2v) is 12.4. The summed E-state index contributed by atoms with van der Waals surface area (Å²) in [4.78, 5) is 0. The smallest absolute Gasteiger partial charge is 0.0992 e. The second-order valence-electron chi connectivity index (χ2n) is 12.4. The summed E-state index contributed by atoms with van der Waals surface area (Å²) in [6.45, 7) is 0. The lowest BCUT2D eigenvalue weighted by Gasteiger charge is -2.11. The molecule has 3 heterocycles. The summed E-state index contributed by atoms with van der Waals surface area (Å²) in [6.07, 6.45) is 0. The molecule has 10 rings (SSSR count). The Kier molecular flexibility index (Phi) is 5.64. The van der Waals surface area contributed by atoms with Crippen molar-refractivity contribution in [2.24, 2.45) is 0 Å². The third kappa shape index (κ3) is 3.73. The Morgan fingerprint density at radius 1 is 0.347 bits per heavy atom. The Bertz CT molecular complexity index is 3050. The minimum atomic E-state index is 0.610. The summed E-state index contributed by atoms with van der Waals surface area (Å²) in [5.41, 5.74) is 10.9. The van der Waals surface area contributed by atoms with Crippen LogP contribution in [0.3, 0.4) is 0 Å². The molecule has 7 aromatic carbocycles. The molecular weight excluding hydrogens is 599 g/mol. The maximum Gasteiger partial charge on any atom is 0.0992 e. The van der Waals surface area contributed by atoms with Gasteiger partial charge >= 0.3 is 0 Å². The van der Waals surface area contributed by atoms with E-state index in [1.54, 1.807) is 0 Å². The molecule has 0 radical (unpaired) electrons. The average Bonchev–Trinajstić information content (AvgIpc) is 3.81. The van der Waals surface area contributed by atoms with Gasteiger partial charge in [0, 0.05) is 49.4 Å². The number of para-hydroxylation sites is 3. The molecule has 0 aliphatic heterocycles. The fourth-order valence-corrected chi connectivity index (χ4v) is 7.89. The zero-order chi connectivity index (χ0) is 32.6. The summed E-state index contributed by atoms with van der Waals surface area (Å²) in [5, 5.41) is 26.4. The van der Waals surface area contributed by atoms with E-state index in [1.165, 1.54) is 10.8 Å². The van der Waals surface area contributed by atoms with Gasteiger partial charge < -0.3 is 13.7 Å². The van der Waals surface area contributed by atoms with Crippen LogP contribution in [0, 0.1) is 22.7 Å². The van der Waals surface area contributed by atoms with Crippen LogP contribution < -0.4 is 0 Å². The van der Waals surface area contributed by atoms with Crippen LogP contribution in [0.1, 0.15) is 11.1 Å². The molecule has 0 amide bonds. The van der Waals surface area contributed by atoms with Crippen molar-refractivity contribution in [3.05, 3.63) is 163 Å². The van der Waals surface area contributed by atoms with Gasteiger partial charge in [-0.1, -0.05) is 72.8 Å². The topological polar surface area (TPSA) is 62.4 Å². The van der Waals surface area contributed by atoms with E-state index >= 15 is 0 Å². The predicted molar refractivity (Wildman–Crippen MR) is 199 cm³/mol. The highest BCUT2D eigenvalue weighted by Crippen LogP contribution is 2.46. The lowest BCUT2D eigenvalue weighted by Crippen LogP contribution is -1.97. The van der Waals surface area contributed by atoms with Gasteiger partial charge in [0.25, 0.3) is 0 Å². The highest BCUT2D eigenvalue weighted by molar-refractivity contribution is 6.31. The van der Waals surface area contributed by atoms with E-state index in [1.807, 2.05) is 42.5 Å². The van der Waals surface area contributed by atoms with Crippen LogP contribution in [-0.2, 0) is 0 Å². The highest BCUT2D eigenvalue weighted by atomic mass is 15.0. The maximum atomic E-state index is 10.0. The Balaban J connectivity index is 1.46. The van der Waals surface area contributed by atoms with E-state index < -0.39 is 0 Å². The van der Waals surface area contributed by atoms with Crippen molar-refractivity contribution in [1.82, 2.24) is 13.7 Å². The Morgan fingerprint density at radius 3 is 1.43 bits per heavy atom. The summed E-state index contributed by atoms with van der Waals surface area (Å²) in [7, 11) is 0. The quantitative estimate of drug-likeness (QED) is 0.197. The van der Waals surface area contributed by atoms with E-state index in [4.69, 9.17) is 0 Å². The number of aromatic nitrogens is 3. The van der Waals surface area contributed by atoms with Crippen molar-refractivity contribution in [2.45, 2.75) is 0 Å². The van der Waals surface area contributed by atoms with Gasteiger partial charge in [-0.25, -0.2) is 0 Å². The molecule has 49 heavy (non-hydrogen) atoms. The van der Waals surface area contributed by atoms with Crippen molar-refractivity contribution >= 4 is 65.4 Å². The molecule has 0 aliphatic rings. The molecule has 0 N–H and O–H groups in total. The number of benzene rings is 7. The molecule has 0 spiro atoms. The minimum Gasteiger partial charge on any atom is -0.309 e. The molecule has 0 saturated carbocycles. The lowest BCUT2D eigenvalue weighted by atomic mass is 10.1. The van der Waals surface area contributed by atoms with Crippen molar-refractivity contribution in [1.29, 1.82) is 10.5 Å². The number of hydrogen-bond donors (Lipinski definition) is 0. The van der Waals surface area contributed by atoms with Crippen molar-refractivity contribution < 1.29 is 0 Å². The van der Waals surface area contributed by atoms with Crippen LogP contribution in [0.15, 0.2) is 152 Å². The Hall–Kier alpha value is -7.08. The van der Waals surface area contributed by atoms with Crippen LogP contribution >= 0.6 is 0 Å². The maximum absolute atomic E-state index is 10.0. The highest BCUT2D eigenvalue weighted by Gasteiger charge is 2.24. The first-order valence-electron chi connectivity index (χ1n) is 16.2. The number of rotatable bonds is 3.